The van der Waals surface area contributed by atoms with E-state index in [-0.39, 0.29) is 6.04 Å². The molecule has 0 fully saturated rings. The van der Waals surface area contributed by atoms with Gasteiger partial charge in [0.05, 0.1) is 25.0 Å². The summed E-state index contributed by atoms with van der Waals surface area (Å²) in [5.74, 6) is 0.933. The average Bonchev–Trinajstić information content (AvgIpc) is 2.96. The largest absolute Gasteiger partial charge is 0.493 e. The number of hydrogen-bond acceptors (Lipinski definition) is 4. The molecule has 1 unspecified atom stereocenters. The van der Waals surface area contributed by atoms with Crippen LogP contribution < -0.4 is 10.5 Å². The maximum Gasteiger partial charge on any atom is 0.127 e. The fraction of sp³-hybridized carbons (Fsp3) is 0.385. The van der Waals surface area contributed by atoms with Crippen LogP contribution in [-0.4, -0.2) is 21.6 Å². The van der Waals surface area contributed by atoms with Crippen molar-refractivity contribution in [1.82, 2.24) is 15.0 Å². The third-order valence-electron chi connectivity index (χ3n) is 3.18. The Kier molecular flexibility index (Phi) is 3.16. The molecule has 3 rings (SSSR count). The summed E-state index contributed by atoms with van der Waals surface area (Å²) in [5.41, 5.74) is 8.74. The smallest absolute Gasteiger partial charge is 0.127 e. The van der Waals surface area contributed by atoms with E-state index < -0.39 is 0 Å². The fourth-order valence-corrected chi connectivity index (χ4v) is 2.50. The molecule has 0 amide bonds. The third-order valence-corrected chi connectivity index (χ3v) is 3.40. The predicted molar refractivity (Wildman–Crippen MR) is 72.4 cm³/mol. The van der Waals surface area contributed by atoms with Gasteiger partial charge in [-0.15, -0.1) is 5.10 Å². The number of nitrogens with zero attached hydrogens (tertiary/aromatic N) is 3. The van der Waals surface area contributed by atoms with Crippen LogP contribution in [0.3, 0.4) is 0 Å². The minimum atomic E-state index is -0.116. The first-order chi connectivity index (χ1) is 9.13. The van der Waals surface area contributed by atoms with Crippen molar-refractivity contribution >= 4 is 11.6 Å². The molecule has 0 saturated carbocycles. The number of ether oxygens (including phenoxy) is 1. The molecule has 1 aliphatic heterocycles. The zero-order chi connectivity index (χ0) is 13.4. The van der Waals surface area contributed by atoms with Gasteiger partial charge in [-0.3, -0.25) is 0 Å². The SMILES string of the molecule is CC(N)c1cn(Cc2cc(Cl)cc3c2OCC3)nn1. The lowest BCUT2D eigenvalue weighted by Crippen LogP contribution is -2.05. The normalized spacial score (nSPS) is 15.1. The van der Waals surface area contributed by atoms with E-state index in [9.17, 15) is 0 Å². The summed E-state index contributed by atoms with van der Waals surface area (Å²) in [7, 11) is 0. The van der Waals surface area contributed by atoms with E-state index in [1.54, 1.807) is 4.68 Å². The zero-order valence-corrected chi connectivity index (χ0v) is 11.4. The Bertz CT molecular complexity index is 609. The van der Waals surface area contributed by atoms with Gasteiger partial charge in [-0.2, -0.15) is 0 Å². The van der Waals surface area contributed by atoms with E-state index in [1.807, 2.05) is 25.3 Å². The van der Waals surface area contributed by atoms with E-state index >= 15 is 0 Å². The molecule has 0 spiro atoms. The van der Waals surface area contributed by atoms with Crippen LogP contribution in [0, 0.1) is 0 Å². The summed E-state index contributed by atoms with van der Waals surface area (Å²) in [6.07, 6.45) is 2.76. The second-order valence-corrected chi connectivity index (χ2v) is 5.22. The van der Waals surface area contributed by atoms with Crippen molar-refractivity contribution < 1.29 is 4.74 Å². The minimum Gasteiger partial charge on any atom is -0.493 e. The molecule has 0 aliphatic carbocycles. The van der Waals surface area contributed by atoms with Crippen LogP contribution in [0.1, 0.15) is 29.8 Å². The van der Waals surface area contributed by atoms with E-state index in [0.29, 0.717) is 13.2 Å². The summed E-state index contributed by atoms with van der Waals surface area (Å²) in [4.78, 5) is 0. The van der Waals surface area contributed by atoms with Crippen LogP contribution in [0.15, 0.2) is 18.3 Å². The molecule has 0 bridgehead atoms. The Balaban J connectivity index is 1.90. The Labute approximate surface area is 116 Å². The van der Waals surface area contributed by atoms with Crippen LogP contribution in [0.5, 0.6) is 5.75 Å². The highest BCUT2D eigenvalue weighted by Gasteiger charge is 2.18. The summed E-state index contributed by atoms with van der Waals surface area (Å²) < 4.78 is 7.42. The van der Waals surface area contributed by atoms with E-state index in [4.69, 9.17) is 22.1 Å². The molecule has 6 heteroatoms. The number of halogens is 1. The van der Waals surface area contributed by atoms with E-state index in [1.165, 1.54) is 0 Å². The highest BCUT2D eigenvalue weighted by molar-refractivity contribution is 6.30. The molecule has 2 aromatic rings. The maximum absolute atomic E-state index is 6.13. The van der Waals surface area contributed by atoms with E-state index in [0.717, 1.165) is 34.0 Å². The molecule has 100 valence electrons. The number of nitrogens with two attached hydrogens (primary N) is 1. The first-order valence-electron chi connectivity index (χ1n) is 6.23. The van der Waals surface area contributed by atoms with Gasteiger partial charge in [0.2, 0.25) is 0 Å². The number of hydrogen-bond donors (Lipinski definition) is 1. The van der Waals surface area contributed by atoms with Crippen molar-refractivity contribution in [2.75, 3.05) is 6.61 Å². The monoisotopic (exact) mass is 278 g/mol. The van der Waals surface area contributed by atoms with Gasteiger partial charge in [0.25, 0.3) is 0 Å². The molecule has 1 atom stereocenters. The van der Waals surface area contributed by atoms with Crippen LogP contribution >= 0.6 is 11.6 Å². The topological polar surface area (TPSA) is 66.0 Å². The number of aromatic nitrogens is 3. The molecule has 0 radical (unpaired) electrons. The summed E-state index contributed by atoms with van der Waals surface area (Å²) in [5, 5.41) is 8.85. The molecule has 0 saturated heterocycles. The van der Waals surface area contributed by atoms with Crippen molar-refractivity contribution in [2.45, 2.75) is 25.9 Å². The lowest BCUT2D eigenvalue weighted by molar-refractivity contribution is 0.352. The second-order valence-electron chi connectivity index (χ2n) is 4.78. The molecular formula is C13H15ClN4O. The molecule has 1 aromatic heterocycles. The van der Waals surface area contributed by atoms with Crippen LogP contribution in [-0.2, 0) is 13.0 Å². The lowest BCUT2D eigenvalue weighted by Gasteiger charge is -2.08. The Morgan fingerprint density at radius 2 is 2.37 bits per heavy atom. The van der Waals surface area contributed by atoms with Gasteiger partial charge < -0.3 is 10.5 Å². The molecular weight excluding hydrogens is 264 g/mol. The van der Waals surface area contributed by atoms with Crippen LogP contribution in [0.25, 0.3) is 0 Å². The molecule has 5 nitrogen and oxygen atoms in total. The first kappa shape index (κ1) is 12.4. The standard InChI is InChI=1S/C13H15ClN4O/c1-8(15)12-7-18(17-16-12)6-10-5-11(14)4-9-2-3-19-13(9)10/h4-5,7-8H,2-3,6,15H2,1H3. The van der Waals surface area contributed by atoms with Crippen LogP contribution in [0.2, 0.25) is 5.02 Å². The Morgan fingerprint density at radius 3 is 3.11 bits per heavy atom. The minimum absolute atomic E-state index is 0.116. The van der Waals surface area contributed by atoms with Crippen molar-refractivity contribution in [3.8, 4) is 5.75 Å². The van der Waals surface area contributed by atoms with Crippen molar-refractivity contribution in [3.05, 3.63) is 40.2 Å². The molecule has 1 aromatic carbocycles. The average molecular weight is 279 g/mol. The summed E-state index contributed by atoms with van der Waals surface area (Å²) in [6, 6.07) is 3.76. The van der Waals surface area contributed by atoms with Gasteiger partial charge in [0, 0.05) is 23.0 Å². The third kappa shape index (κ3) is 2.43. The first-order valence-corrected chi connectivity index (χ1v) is 6.61. The number of benzene rings is 1. The summed E-state index contributed by atoms with van der Waals surface area (Å²) >= 11 is 6.13. The van der Waals surface area contributed by atoms with Crippen molar-refractivity contribution in [3.63, 3.8) is 0 Å². The highest BCUT2D eigenvalue weighted by Crippen LogP contribution is 2.33. The maximum atomic E-state index is 6.13. The van der Waals surface area contributed by atoms with Gasteiger partial charge >= 0.3 is 0 Å². The fourth-order valence-electron chi connectivity index (χ4n) is 2.24. The molecule has 1 aliphatic rings. The van der Waals surface area contributed by atoms with Crippen LogP contribution in [0.4, 0.5) is 0 Å². The van der Waals surface area contributed by atoms with Crippen molar-refractivity contribution in [2.24, 2.45) is 5.73 Å². The molecule has 2 N–H and O–H groups in total. The quantitative estimate of drug-likeness (QED) is 0.932. The van der Waals surface area contributed by atoms with Gasteiger partial charge in [0.15, 0.2) is 0 Å². The molecule has 19 heavy (non-hydrogen) atoms. The van der Waals surface area contributed by atoms with Gasteiger partial charge in [-0.05, 0) is 24.6 Å². The van der Waals surface area contributed by atoms with Gasteiger partial charge in [-0.25, -0.2) is 4.68 Å². The predicted octanol–water partition coefficient (Wildman–Crippen LogP) is 1.93. The van der Waals surface area contributed by atoms with Gasteiger partial charge in [-0.1, -0.05) is 16.8 Å². The number of rotatable bonds is 3. The van der Waals surface area contributed by atoms with Crippen molar-refractivity contribution in [1.29, 1.82) is 0 Å². The Hall–Kier alpha value is -1.59. The summed E-state index contributed by atoms with van der Waals surface area (Å²) in [6.45, 7) is 3.18. The number of fused-ring (bicyclic) bond motifs is 1. The Morgan fingerprint density at radius 1 is 1.53 bits per heavy atom. The highest BCUT2D eigenvalue weighted by atomic mass is 35.5. The van der Waals surface area contributed by atoms with Gasteiger partial charge in [0.1, 0.15) is 5.75 Å². The zero-order valence-electron chi connectivity index (χ0n) is 10.6. The second kappa shape index (κ2) is 4.83. The lowest BCUT2D eigenvalue weighted by atomic mass is 10.1. The van der Waals surface area contributed by atoms with E-state index in [2.05, 4.69) is 10.3 Å². The molecule has 2 heterocycles.